The lowest BCUT2D eigenvalue weighted by Gasteiger charge is -2.28. The van der Waals surface area contributed by atoms with Gasteiger partial charge in [-0.1, -0.05) is 25.0 Å². The summed E-state index contributed by atoms with van der Waals surface area (Å²) in [5.41, 5.74) is 2.54. The van der Waals surface area contributed by atoms with E-state index < -0.39 is 0 Å². The van der Waals surface area contributed by atoms with Crippen molar-refractivity contribution in [2.24, 2.45) is 7.05 Å². The predicted molar refractivity (Wildman–Crippen MR) is 87.8 cm³/mol. The number of nitrogens with zero attached hydrogens (tertiary/aromatic N) is 3. The molecule has 1 aliphatic heterocycles. The van der Waals surface area contributed by atoms with E-state index in [-0.39, 0.29) is 0 Å². The van der Waals surface area contributed by atoms with Gasteiger partial charge in [0.05, 0.1) is 18.8 Å². The Hall–Kier alpha value is -1.81. The Bertz CT molecular complexity index is 591. The average molecular weight is 299 g/mol. The quantitative estimate of drug-likeness (QED) is 0.865. The van der Waals surface area contributed by atoms with Gasteiger partial charge in [0.1, 0.15) is 5.75 Å². The molecule has 4 heteroatoms. The Labute approximate surface area is 132 Å². The van der Waals surface area contributed by atoms with Crippen molar-refractivity contribution >= 4 is 0 Å². The first-order valence-corrected chi connectivity index (χ1v) is 8.13. The molecular formula is C18H25N3O. The number of benzene rings is 1. The van der Waals surface area contributed by atoms with E-state index >= 15 is 0 Å². The van der Waals surface area contributed by atoms with Crippen LogP contribution < -0.4 is 4.74 Å². The summed E-state index contributed by atoms with van der Waals surface area (Å²) in [5, 5.41) is 4.65. The molecule has 4 nitrogen and oxygen atoms in total. The first-order chi connectivity index (χ1) is 10.8. The lowest BCUT2D eigenvalue weighted by Crippen LogP contribution is -2.28. The molecule has 1 aliphatic rings. The fraction of sp³-hybridized carbons (Fsp3) is 0.500. The number of rotatable bonds is 4. The van der Waals surface area contributed by atoms with Crippen LogP contribution in [0.5, 0.6) is 5.75 Å². The van der Waals surface area contributed by atoms with Gasteiger partial charge in [0.2, 0.25) is 0 Å². The van der Waals surface area contributed by atoms with Gasteiger partial charge in [-0.3, -0.25) is 9.58 Å². The predicted octanol–water partition coefficient (Wildman–Crippen LogP) is 3.55. The summed E-state index contributed by atoms with van der Waals surface area (Å²) in [6, 6.07) is 11.0. The third kappa shape index (κ3) is 3.50. The number of methoxy groups -OCH3 is 1. The Kier molecular flexibility index (Phi) is 4.78. The zero-order valence-electron chi connectivity index (χ0n) is 13.5. The second-order valence-electron chi connectivity index (χ2n) is 6.10. The number of hydrogen-bond donors (Lipinski definition) is 0. The van der Waals surface area contributed by atoms with E-state index in [4.69, 9.17) is 4.74 Å². The molecule has 0 aliphatic carbocycles. The molecule has 2 aromatic rings. The van der Waals surface area contributed by atoms with E-state index in [9.17, 15) is 0 Å². The van der Waals surface area contributed by atoms with Crippen LogP contribution >= 0.6 is 0 Å². The van der Waals surface area contributed by atoms with E-state index in [1.165, 1.54) is 36.9 Å². The van der Waals surface area contributed by atoms with Crippen molar-refractivity contribution < 1.29 is 4.74 Å². The maximum absolute atomic E-state index is 5.25. The van der Waals surface area contributed by atoms with Gasteiger partial charge in [0.25, 0.3) is 0 Å². The highest BCUT2D eigenvalue weighted by Crippen LogP contribution is 2.30. The van der Waals surface area contributed by atoms with Crippen molar-refractivity contribution in [3.63, 3.8) is 0 Å². The number of ether oxygens (including phenoxy) is 1. The molecule has 0 radical (unpaired) electrons. The van der Waals surface area contributed by atoms with Gasteiger partial charge in [-0.25, -0.2) is 0 Å². The molecular weight excluding hydrogens is 274 g/mol. The van der Waals surface area contributed by atoms with E-state index in [2.05, 4.69) is 28.2 Å². The highest BCUT2D eigenvalue weighted by Gasteiger charge is 2.24. The van der Waals surface area contributed by atoms with Crippen molar-refractivity contribution in [2.75, 3.05) is 13.7 Å². The van der Waals surface area contributed by atoms with Crippen LogP contribution in [0, 0.1) is 0 Å². The highest BCUT2D eigenvalue weighted by molar-refractivity contribution is 5.27. The zero-order chi connectivity index (χ0) is 15.4. The Morgan fingerprint density at radius 1 is 1.14 bits per heavy atom. The van der Waals surface area contributed by atoms with Gasteiger partial charge < -0.3 is 4.74 Å². The normalized spacial score (nSPS) is 19.8. The molecule has 0 N–H and O–H groups in total. The Balaban J connectivity index is 1.77. The molecule has 3 rings (SSSR count). The van der Waals surface area contributed by atoms with Crippen molar-refractivity contribution in [1.82, 2.24) is 14.7 Å². The Morgan fingerprint density at radius 3 is 2.64 bits per heavy atom. The summed E-state index contributed by atoms with van der Waals surface area (Å²) in [6.45, 7) is 2.12. The maximum atomic E-state index is 5.25. The van der Waals surface area contributed by atoms with Crippen LogP contribution in [0.25, 0.3) is 0 Å². The largest absolute Gasteiger partial charge is 0.497 e. The van der Waals surface area contributed by atoms with E-state index in [0.717, 1.165) is 18.8 Å². The van der Waals surface area contributed by atoms with Gasteiger partial charge in [0.15, 0.2) is 0 Å². The third-order valence-electron chi connectivity index (χ3n) is 4.48. The summed E-state index contributed by atoms with van der Waals surface area (Å²) >= 11 is 0. The minimum atomic E-state index is 0.436. The molecule has 2 heterocycles. The first kappa shape index (κ1) is 15.1. The number of hydrogen-bond acceptors (Lipinski definition) is 3. The summed E-state index contributed by atoms with van der Waals surface area (Å²) in [4.78, 5) is 2.58. The van der Waals surface area contributed by atoms with E-state index in [1.54, 1.807) is 7.11 Å². The molecule has 0 spiro atoms. The summed E-state index contributed by atoms with van der Waals surface area (Å²) in [6.07, 6.45) is 7.14. The molecule has 1 aromatic carbocycles. The van der Waals surface area contributed by atoms with Crippen molar-refractivity contribution in [1.29, 1.82) is 0 Å². The molecule has 0 amide bonds. The molecule has 1 atom stereocenters. The highest BCUT2D eigenvalue weighted by atomic mass is 16.5. The molecule has 1 aromatic heterocycles. The standard InChI is InChI=1S/C18H25N3O/c1-20-13-11-17(19-20)18-6-4-3-5-12-21(18)14-15-7-9-16(22-2)10-8-15/h7-11,13,18H,3-6,12,14H2,1-2H3. The van der Waals surface area contributed by atoms with Gasteiger partial charge in [-0.15, -0.1) is 0 Å². The minimum Gasteiger partial charge on any atom is -0.497 e. The summed E-state index contributed by atoms with van der Waals surface area (Å²) in [5.74, 6) is 0.917. The summed E-state index contributed by atoms with van der Waals surface area (Å²) < 4.78 is 7.15. The number of aryl methyl sites for hydroxylation is 1. The lowest BCUT2D eigenvalue weighted by molar-refractivity contribution is 0.188. The number of likely N-dealkylation sites (tertiary alicyclic amines) is 1. The molecule has 0 bridgehead atoms. The van der Waals surface area contributed by atoms with Gasteiger partial charge in [-0.05, 0) is 43.1 Å². The molecule has 1 fully saturated rings. The topological polar surface area (TPSA) is 30.3 Å². The molecule has 0 saturated carbocycles. The summed E-state index contributed by atoms with van der Waals surface area (Å²) in [7, 11) is 3.70. The van der Waals surface area contributed by atoms with Crippen LogP contribution in [0.3, 0.4) is 0 Å². The van der Waals surface area contributed by atoms with Crippen molar-refractivity contribution in [2.45, 2.75) is 38.3 Å². The first-order valence-electron chi connectivity index (χ1n) is 8.13. The average Bonchev–Trinajstić information content (AvgIpc) is 2.83. The van der Waals surface area contributed by atoms with Crippen LogP contribution in [-0.4, -0.2) is 28.3 Å². The van der Waals surface area contributed by atoms with Crippen LogP contribution in [0.4, 0.5) is 0 Å². The monoisotopic (exact) mass is 299 g/mol. The fourth-order valence-corrected chi connectivity index (χ4v) is 3.27. The smallest absolute Gasteiger partial charge is 0.118 e. The van der Waals surface area contributed by atoms with Crippen LogP contribution in [-0.2, 0) is 13.6 Å². The van der Waals surface area contributed by atoms with Crippen molar-refractivity contribution in [3.8, 4) is 5.75 Å². The number of aromatic nitrogens is 2. The molecule has 1 unspecified atom stereocenters. The molecule has 118 valence electrons. The Morgan fingerprint density at radius 2 is 1.95 bits per heavy atom. The second-order valence-corrected chi connectivity index (χ2v) is 6.10. The minimum absolute atomic E-state index is 0.436. The van der Waals surface area contributed by atoms with E-state index in [0.29, 0.717) is 6.04 Å². The van der Waals surface area contributed by atoms with E-state index in [1.807, 2.05) is 30.1 Å². The van der Waals surface area contributed by atoms with Crippen LogP contribution in [0.15, 0.2) is 36.5 Å². The van der Waals surface area contributed by atoms with Gasteiger partial charge in [0, 0.05) is 19.8 Å². The molecule has 1 saturated heterocycles. The zero-order valence-corrected chi connectivity index (χ0v) is 13.5. The molecule has 22 heavy (non-hydrogen) atoms. The fourth-order valence-electron chi connectivity index (χ4n) is 3.27. The van der Waals surface area contributed by atoms with Gasteiger partial charge in [-0.2, -0.15) is 5.10 Å². The van der Waals surface area contributed by atoms with Crippen LogP contribution in [0.2, 0.25) is 0 Å². The van der Waals surface area contributed by atoms with Gasteiger partial charge >= 0.3 is 0 Å². The van der Waals surface area contributed by atoms with Crippen molar-refractivity contribution in [3.05, 3.63) is 47.8 Å². The SMILES string of the molecule is COc1ccc(CN2CCCCCC2c2ccn(C)n2)cc1. The third-order valence-corrected chi connectivity index (χ3v) is 4.48. The van der Waals surface area contributed by atoms with Crippen LogP contribution in [0.1, 0.15) is 43.0 Å². The lowest BCUT2D eigenvalue weighted by atomic mass is 10.1. The maximum Gasteiger partial charge on any atom is 0.118 e. The second kappa shape index (κ2) is 6.97.